The molecular weight excluding hydrogens is 526 g/mol. The molecule has 1 amide bonds. The molecule has 41 heavy (non-hydrogen) atoms. The van der Waals surface area contributed by atoms with Gasteiger partial charge in [-0.05, 0) is 88.5 Å². The molecule has 4 nitrogen and oxygen atoms in total. The summed E-state index contributed by atoms with van der Waals surface area (Å²) in [5.74, 6) is 0.925. The molecule has 1 aromatic rings. The van der Waals surface area contributed by atoms with Crippen LogP contribution in [-0.2, 0) is 4.79 Å². The van der Waals surface area contributed by atoms with Gasteiger partial charge < -0.3 is 10.4 Å². The fourth-order valence-corrected chi connectivity index (χ4v) is 5.78. The maximum Gasteiger partial charge on any atom is 0.255 e. The second-order valence-corrected chi connectivity index (χ2v) is 11.5. The third kappa shape index (κ3) is 16.3. The zero-order chi connectivity index (χ0) is 30.0. The average molecular weight is 580 g/mol. The Hall–Kier alpha value is -2.79. The molecule has 0 aliphatic rings. The predicted molar refractivity (Wildman–Crippen MR) is 179 cm³/mol. The number of nitrogens with one attached hydrogen (secondary N) is 1. The van der Waals surface area contributed by atoms with Crippen LogP contribution in [-0.4, -0.2) is 33.8 Å². The summed E-state index contributed by atoms with van der Waals surface area (Å²) in [6.45, 7) is 6.78. The number of hydrogen-bond acceptors (Lipinski definition) is 4. The second-order valence-electron chi connectivity index (χ2n) is 10.1. The molecular formula is C36H53NO3S. The van der Waals surface area contributed by atoms with Gasteiger partial charge in [-0.25, -0.2) is 0 Å². The molecule has 226 valence electrons. The van der Waals surface area contributed by atoms with E-state index in [4.69, 9.17) is 0 Å². The van der Waals surface area contributed by atoms with E-state index in [0.29, 0.717) is 19.4 Å². The number of aromatic hydroxyl groups is 1. The first-order chi connectivity index (χ1) is 20.0. The summed E-state index contributed by atoms with van der Waals surface area (Å²) in [7, 11) is 0. The highest BCUT2D eigenvalue weighted by Gasteiger charge is 2.34. The number of phenolic OH excluding ortho intramolecular Hbond substituents is 1. The van der Waals surface area contributed by atoms with Crippen molar-refractivity contribution in [2.24, 2.45) is 0 Å². The van der Waals surface area contributed by atoms with Gasteiger partial charge in [0.1, 0.15) is 11.5 Å². The van der Waals surface area contributed by atoms with Gasteiger partial charge in [-0.15, -0.1) is 11.8 Å². The summed E-state index contributed by atoms with van der Waals surface area (Å²) >= 11 is 1.81. The summed E-state index contributed by atoms with van der Waals surface area (Å²) in [6, 6.07) is 6.49. The molecule has 0 saturated heterocycles. The molecule has 2 N–H and O–H groups in total. The number of rotatable bonds is 23. The van der Waals surface area contributed by atoms with E-state index in [2.05, 4.69) is 86.8 Å². The van der Waals surface area contributed by atoms with E-state index in [1.54, 1.807) is 18.2 Å². The molecule has 1 aromatic carbocycles. The van der Waals surface area contributed by atoms with Gasteiger partial charge in [-0.1, -0.05) is 93.7 Å². The molecule has 0 aromatic heterocycles. The zero-order valence-electron chi connectivity index (χ0n) is 25.7. The molecule has 5 heteroatoms. The first-order valence-corrected chi connectivity index (χ1v) is 16.5. The van der Waals surface area contributed by atoms with Gasteiger partial charge >= 0.3 is 0 Å². The van der Waals surface area contributed by atoms with Crippen LogP contribution < -0.4 is 5.32 Å². The van der Waals surface area contributed by atoms with Crippen LogP contribution in [0.4, 0.5) is 0 Å². The summed E-state index contributed by atoms with van der Waals surface area (Å²) in [5.41, 5.74) is 0.260. The number of carbonyl (C=O) groups is 2. The summed E-state index contributed by atoms with van der Waals surface area (Å²) < 4.78 is -0.334. The Morgan fingerprint density at radius 1 is 0.780 bits per heavy atom. The van der Waals surface area contributed by atoms with Crippen molar-refractivity contribution >= 4 is 23.5 Å². The monoisotopic (exact) mass is 579 g/mol. The minimum absolute atomic E-state index is 0.0326. The van der Waals surface area contributed by atoms with Crippen LogP contribution in [0.25, 0.3) is 0 Å². The summed E-state index contributed by atoms with van der Waals surface area (Å²) in [5, 5.41) is 12.6. The standard InChI is InChI=1S/C36H53NO3S/c1-4-7-8-9-10-11-12-13-14-15-16-17-18-19-20-21-22-25-31-41-36(5-2,6-3)34(39)29-26-30-37-35(40)32-27-23-24-28-33(32)38/h7-8,10-11,13-14,16-17,19-20,23-24,27-28,38H,4-6,9,12,15,18,21-22,25-26,29-31H2,1-3H3,(H,37,40)/b8-7-,11-10-,14-13-,17-16-,20-19-. The van der Waals surface area contributed by atoms with Crippen LogP contribution in [0.2, 0.25) is 0 Å². The Morgan fingerprint density at radius 3 is 1.90 bits per heavy atom. The van der Waals surface area contributed by atoms with Crippen molar-refractivity contribution in [1.82, 2.24) is 5.32 Å². The first kappa shape index (κ1) is 36.2. The summed E-state index contributed by atoms with van der Waals surface area (Å²) in [6.07, 6.45) is 33.3. The van der Waals surface area contributed by atoms with Gasteiger partial charge in [-0.2, -0.15) is 0 Å². The molecule has 0 aliphatic heterocycles. The van der Waals surface area contributed by atoms with Gasteiger partial charge in [-0.3, -0.25) is 9.59 Å². The van der Waals surface area contributed by atoms with E-state index < -0.39 is 0 Å². The van der Waals surface area contributed by atoms with Gasteiger partial charge in [0.15, 0.2) is 0 Å². The molecule has 0 saturated carbocycles. The largest absolute Gasteiger partial charge is 0.507 e. The molecule has 0 radical (unpaired) electrons. The molecule has 0 unspecified atom stereocenters. The number of para-hydroxylation sites is 1. The molecule has 0 spiro atoms. The smallest absolute Gasteiger partial charge is 0.255 e. The van der Waals surface area contributed by atoms with E-state index in [0.717, 1.165) is 70.0 Å². The maximum atomic E-state index is 13.1. The number of allylic oxidation sites excluding steroid dienone is 10. The highest BCUT2D eigenvalue weighted by molar-refractivity contribution is 8.01. The molecule has 0 atom stereocenters. The van der Waals surface area contributed by atoms with Crippen molar-refractivity contribution in [3.05, 3.63) is 90.6 Å². The quantitative estimate of drug-likeness (QED) is 0.100. The zero-order valence-corrected chi connectivity index (χ0v) is 26.5. The van der Waals surface area contributed by atoms with Gasteiger partial charge in [0.2, 0.25) is 0 Å². The number of amides is 1. The van der Waals surface area contributed by atoms with Crippen molar-refractivity contribution in [3.8, 4) is 5.75 Å². The lowest BCUT2D eigenvalue weighted by Crippen LogP contribution is -2.35. The minimum atomic E-state index is -0.334. The topological polar surface area (TPSA) is 66.4 Å². The van der Waals surface area contributed by atoms with E-state index in [1.807, 2.05) is 11.8 Å². The third-order valence-corrected chi connectivity index (χ3v) is 8.82. The van der Waals surface area contributed by atoms with E-state index in [1.165, 1.54) is 6.07 Å². The Kier molecular flexibility index (Phi) is 21.1. The molecule has 0 heterocycles. The molecule has 0 fully saturated rings. The fourth-order valence-electron chi connectivity index (χ4n) is 4.37. The van der Waals surface area contributed by atoms with Crippen molar-refractivity contribution < 1.29 is 14.7 Å². The van der Waals surface area contributed by atoms with Crippen molar-refractivity contribution in [2.75, 3.05) is 12.3 Å². The van der Waals surface area contributed by atoms with Crippen molar-refractivity contribution in [1.29, 1.82) is 0 Å². The number of phenols is 1. The van der Waals surface area contributed by atoms with Gasteiger partial charge in [0.25, 0.3) is 5.91 Å². The van der Waals surface area contributed by atoms with Crippen LogP contribution in [0.5, 0.6) is 5.75 Å². The number of benzene rings is 1. The van der Waals surface area contributed by atoms with Crippen LogP contribution in [0.1, 0.15) is 108 Å². The van der Waals surface area contributed by atoms with Crippen LogP contribution >= 0.6 is 11.8 Å². The predicted octanol–water partition coefficient (Wildman–Crippen LogP) is 9.68. The summed E-state index contributed by atoms with van der Waals surface area (Å²) in [4.78, 5) is 25.4. The number of hydrogen-bond donors (Lipinski definition) is 2. The Morgan fingerprint density at radius 2 is 1.34 bits per heavy atom. The van der Waals surface area contributed by atoms with Crippen molar-refractivity contribution in [2.45, 2.75) is 103 Å². The van der Waals surface area contributed by atoms with E-state index in [9.17, 15) is 14.7 Å². The van der Waals surface area contributed by atoms with Crippen LogP contribution in [0, 0.1) is 0 Å². The molecule has 0 aliphatic carbocycles. The first-order valence-electron chi connectivity index (χ1n) is 15.5. The highest BCUT2D eigenvalue weighted by Crippen LogP contribution is 2.35. The Labute approximate surface area is 254 Å². The van der Waals surface area contributed by atoms with E-state index >= 15 is 0 Å². The SMILES string of the molecule is CC/C=C\C/C=C\C/C=C\C/C=C\C/C=C\CCCCSC(CC)(CC)C(=O)CCCNC(=O)c1ccccc1O. The van der Waals surface area contributed by atoms with Gasteiger partial charge in [0, 0.05) is 13.0 Å². The number of unbranched alkanes of at least 4 members (excludes halogenated alkanes) is 2. The minimum Gasteiger partial charge on any atom is -0.507 e. The van der Waals surface area contributed by atoms with Crippen LogP contribution in [0.3, 0.4) is 0 Å². The molecule has 0 bridgehead atoms. The van der Waals surface area contributed by atoms with Crippen molar-refractivity contribution in [3.63, 3.8) is 0 Å². The normalized spacial score (nSPS) is 12.6. The lowest BCUT2D eigenvalue weighted by molar-refractivity contribution is -0.121. The lowest BCUT2D eigenvalue weighted by Gasteiger charge is -2.29. The number of carbonyl (C=O) groups excluding carboxylic acids is 2. The average Bonchev–Trinajstić information content (AvgIpc) is 2.98. The number of ketones is 1. The molecule has 1 rings (SSSR count). The number of Topliss-reactive ketones (excluding diaryl/α,β-unsaturated/α-hetero) is 1. The highest BCUT2D eigenvalue weighted by atomic mass is 32.2. The lowest BCUT2D eigenvalue weighted by atomic mass is 9.94. The fraction of sp³-hybridized carbons (Fsp3) is 0.500. The Bertz CT molecular complexity index is 1000. The third-order valence-electron chi connectivity index (χ3n) is 6.97. The second kappa shape index (κ2) is 23.9. The maximum absolute atomic E-state index is 13.1. The van der Waals surface area contributed by atoms with Crippen LogP contribution in [0.15, 0.2) is 85.0 Å². The van der Waals surface area contributed by atoms with Gasteiger partial charge in [0.05, 0.1) is 10.3 Å². The Balaban J connectivity index is 2.19. The van der Waals surface area contributed by atoms with E-state index in [-0.39, 0.29) is 27.8 Å². The number of thioether (sulfide) groups is 1.